The molecule has 1 amide bonds. The molecule has 0 aromatic heterocycles. The minimum absolute atomic E-state index is 0.0304. The smallest absolute Gasteiger partial charge is 0.316 e. The zero-order valence-corrected chi connectivity index (χ0v) is 11.4. The lowest BCUT2D eigenvalue weighted by molar-refractivity contribution is -0.121. The van der Waals surface area contributed by atoms with E-state index in [4.69, 9.17) is 9.63 Å². The molecule has 2 N–H and O–H groups in total. The van der Waals surface area contributed by atoms with Crippen molar-refractivity contribution in [2.24, 2.45) is 0 Å². The number of ether oxygens (including phenoxy) is 1. The Morgan fingerprint density at radius 1 is 1.47 bits per heavy atom. The Labute approximate surface area is 103 Å². The van der Waals surface area contributed by atoms with E-state index in [1.165, 1.54) is 0 Å². The van der Waals surface area contributed by atoms with Crippen molar-refractivity contribution < 1.29 is 23.5 Å². The van der Waals surface area contributed by atoms with Gasteiger partial charge in [0.2, 0.25) is 5.91 Å². The van der Waals surface area contributed by atoms with Gasteiger partial charge in [-0.05, 0) is 19.3 Å². The van der Waals surface area contributed by atoms with Crippen LogP contribution < -0.4 is 5.32 Å². The van der Waals surface area contributed by atoms with Crippen LogP contribution in [0.1, 0.15) is 32.6 Å². The van der Waals surface area contributed by atoms with Gasteiger partial charge in [0.25, 0.3) is 0 Å². The van der Waals surface area contributed by atoms with Crippen molar-refractivity contribution in [1.82, 2.24) is 5.32 Å². The summed E-state index contributed by atoms with van der Waals surface area (Å²) in [6.07, 6.45) is 2.56. The molecule has 6 nitrogen and oxygen atoms in total. The zero-order chi connectivity index (χ0) is 13.1. The number of rotatable bonds is 10. The molecule has 0 fully saturated rings. The van der Waals surface area contributed by atoms with Crippen molar-refractivity contribution in [3.63, 3.8) is 0 Å². The van der Waals surface area contributed by atoms with Gasteiger partial charge in [-0.25, -0.2) is 0 Å². The molecule has 0 radical (unpaired) electrons. The van der Waals surface area contributed by atoms with E-state index in [1.54, 1.807) is 7.11 Å². The average Bonchev–Trinajstić information content (AvgIpc) is 2.29. The second-order valence-corrected chi connectivity index (χ2v) is 4.46. The van der Waals surface area contributed by atoms with Crippen molar-refractivity contribution in [2.75, 3.05) is 20.3 Å². The van der Waals surface area contributed by atoms with Gasteiger partial charge in [0.1, 0.15) is 0 Å². The highest BCUT2D eigenvalue weighted by Gasteiger charge is 2.06. The molecule has 0 saturated carbocycles. The summed E-state index contributed by atoms with van der Waals surface area (Å²) in [6, 6.07) is 0. The highest BCUT2D eigenvalue weighted by atomic mass is 31.1. The summed E-state index contributed by atoms with van der Waals surface area (Å²) in [5.41, 5.74) is 0. The van der Waals surface area contributed by atoms with Gasteiger partial charge in [0.15, 0.2) is 0 Å². The second kappa shape index (κ2) is 10.7. The number of nitrogens with one attached hydrogen (secondary N) is 1. The largest absolute Gasteiger partial charge is 0.380 e. The first-order valence-corrected chi connectivity index (χ1v) is 7.01. The third-order valence-corrected chi connectivity index (χ3v) is 2.79. The molecule has 0 bridgehead atoms. The van der Waals surface area contributed by atoms with Crippen molar-refractivity contribution >= 4 is 14.2 Å². The van der Waals surface area contributed by atoms with Gasteiger partial charge in [-0.2, -0.15) is 0 Å². The number of hydrogen-bond donors (Lipinski definition) is 2. The highest BCUT2D eigenvalue weighted by Crippen LogP contribution is 2.14. The maximum atomic E-state index is 11.4. The van der Waals surface area contributed by atoms with Gasteiger partial charge in [-0.3, -0.25) is 9.36 Å². The Balaban J connectivity index is 3.43. The molecule has 2 unspecified atom stereocenters. The summed E-state index contributed by atoms with van der Waals surface area (Å²) in [7, 11) is -1.21. The molecule has 17 heavy (non-hydrogen) atoms. The normalized spacial score (nSPS) is 14.3. The molecule has 102 valence electrons. The van der Waals surface area contributed by atoms with E-state index in [0.717, 1.165) is 6.42 Å². The van der Waals surface area contributed by atoms with E-state index in [0.29, 0.717) is 25.8 Å². The maximum Gasteiger partial charge on any atom is 0.316 e. The molecule has 2 atom stereocenters. The molecule has 0 aliphatic rings. The van der Waals surface area contributed by atoms with Gasteiger partial charge in [0, 0.05) is 20.1 Å². The first kappa shape index (κ1) is 16.6. The molecule has 0 aromatic rings. The van der Waals surface area contributed by atoms with E-state index in [9.17, 15) is 9.36 Å². The Bertz CT molecular complexity index is 233. The molecule has 0 aliphatic heterocycles. The van der Waals surface area contributed by atoms with Gasteiger partial charge >= 0.3 is 8.25 Å². The number of amides is 1. The van der Waals surface area contributed by atoms with Gasteiger partial charge < -0.3 is 19.5 Å². The molecule has 0 spiro atoms. The van der Waals surface area contributed by atoms with Crippen molar-refractivity contribution in [3.8, 4) is 0 Å². The second-order valence-electron chi connectivity index (χ2n) is 3.64. The Morgan fingerprint density at radius 2 is 2.18 bits per heavy atom. The monoisotopic (exact) mass is 267 g/mol. The van der Waals surface area contributed by atoms with Crippen LogP contribution in [0.25, 0.3) is 0 Å². The predicted octanol–water partition coefficient (Wildman–Crippen LogP) is 1.10. The lowest BCUT2D eigenvalue weighted by Crippen LogP contribution is -2.32. The predicted molar refractivity (Wildman–Crippen MR) is 65.1 cm³/mol. The Hall–Kier alpha value is -0.420. The fraction of sp³-hybridized carbons (Fsp3) is 0.900. The summed E-state index contributed by atoms with van der Waals surface area (Å²) in [4.78, 5) is 19.8. The van der Waals surface area contributed by atoms with Crippen LogP contribution >= 0.6 is 8.25 Å². The quantitative estimate of drug-likeness (QED) is 0.457. The van der Waals surface area contributed by atoms with Crippen LogP contribution in [0.15, 0.2) is 0 Å². The van der Waals surface area contributed by atoms with Crippen molar-refractivity contribution in [2.45, 2.75) is 38.7 Å². The Kier molecular flexibility index (Phi) is 10.5. The average molecular weight is 267 g/mol. The maximum absolute atomic E-state index is 11.4. The summed E-state index contributed by atoms with van der Waals surface area (Å²) in [5.74, 6) is -0.0304. The SMILES string of the molecule is CCC(CNC(=O)CCCCO[PH](=O)O)OC. The van der Waals surface area contributed by atoms with E-state index in [1.807, 2.05) is 6.92 Å². The molecule has 0 aliphatic carbocycles. The van der Waals surface area contributed by atoms with Gasteiger partial charge in [0.05, 0.1) is 12.7 Å². The third-order valence-electron chi connectivity index (χ3n) is 2.34. The lowest BCUT2D eigenvalue weighted by atomic mass is 10.2. The summed E-state index contributed by atoms with van der Waals surface area (Å²) in [6.45, 7) is 2.73. The minimum atomic E-state index is -2.83. The van der Waals surface area contributed by atoms with E-state index < -0.39 is 8.25 Å². The minimum Gasteiger partial charge on any atom is -0.380 e. The first-order chi connectivity index (χ1) is 8.10. The third kappa shape index (κ3) is 10.5. The number of hydrogen-bond acceptors (Lipinski definition) is 4. The summed E-state index contributed by atoms with van der Waals surface area (Å²) >= 11 is 0. The highest BCUT2D eigenvalue weighted by molar-refractivity contribution is 7.32. The standard InChI is InChI=1S/C10H22NO5P/c1-3-9(15-2)8-11-10(12)6-4-5-7-16-17(13)14/h9,17H,3-8H2,1-2H3,(H,11,12)(H,13,14). The van der Waals surface area contributed by atoms with Crippen LogP contribution in [0.2, 0.25) is 0 Å². The molecular weight excluding hydrogens is 245 g/mol. The van der Waals surface area contributed by atoms with Gasteiger partial charge in [-0.15, -0.1) is 0 Å². The number of carbonyl (C=O) groups excluding carboxylic acids is 1. The van der Waals surface area contributed by atoms with Crippen molar-refractivity contribution in [1.29, 1.82) is 0 Å². The van der Waals surface area contributed by atoms with Crippen LogP contribution in [0.4, 0.5) is 0 Å². The molecular formula is C10H22NO5P. The lowest BCUT2D eigenvalue weighted by Gasteiger charge is -2.13. The fourth-order valence-electron chi connectivity index (χ4n) is 1.26. The van der Waals surface area contributed by atoms with Crippen LogP contribution in [0.3, 0.4) is 0 Å². The van der Waals surface area contributed by atoms with Crippen LogP contribution in [0, 0.1) is 0 Å². The molecule has 0 saturated heterocycles. The van der Waals surface area contributed by atoms with E-state index >= 15 is 0 Å². The molecule has 0 rings (SSSR count). The topological polar surface area (TPSA) is 84.9 Å². The first-order valence-electron chi connectivity index (χ1n) is 5.75. The van der Waals surface area contributed by atoms with Crippen LogP contribution in [0.5, 0.6) is 0 Å². The van der Waals surface area contributed by atoms with Gasteiger partial charge in [-0.1, -0.05) is 6.92 Å². The molecule has 0 heterocycles. The zero-order valence-electron chi connectivity index (χ0n) is 10.4. The van der Waals surface area contributed by atoms with Crippen molar-refractivity contribution in [3.05, 3.63) is 0 Å². The Morgan fingerprint density at radius 3 is 2.71 bits per heavy atom. The fourth-order valence-corrected chi connectivity index (χ4v) is 1.58. The summed E-state index contributed by atoms with van der Waals surface area (Å²) < 4.78 is 19.8. The van der Waals surface area contributed by atoms with E-state index in [2.05, 4.69) is 9.84 Å². The number of methoxy groups -OCH3 is 1. The van der Waals surface area contributed by atoms with E-state index in [-0.39, 0.29) is 18.6 Å². The molecule has 0 aromatic carbocycles. The van der Waals surface area contributed by atoms with Crippen LogP contribution in [-0.2, 0) is 18.6 Å². The number of unbranched alkanes of at least 4 members (excludes halogenated alkanes) is 1. The summed E-state index contributed by atoms with van der Waals surface area (Å²) in [5, 5.41) is 2.77. The van der Waals surface area contributed by atoms with Crippen LogP contribution in [-0.4, -0.2) is 37.2 Å². The molecule has 7 heteroatoms. The number of carbonyl (C=O) groups is 1.